The van der Waals surface area contributed by atoms with Crippen LogP contribution in [-0.4, -0.2) is 12.5 Å². The number of nitrogens with two attached hydrogens (primary N) is 1. The lowest BCUT2D eigenvalue weighted by Gasteiger charge is -2.19. The van der Waals surface area contributed by atoms with Crippen molar-refractivity contribution in [1.29, 1.82) is 0 Å². The molecule has 118 valence electrons. The molecule has 0 radical (unpaired) electrons. The van der Waals surface area contributed by atoms with Gasteiger partial charge < -0.3 is 11.1 Å². The molecule has 1 aromatic carbocycles. The van der Waals surface area contributed by atoms with E-state index in [2.05, 4.69) is 21.2 Å². The highest BCUT2D eigenvalue weighted by Crippen LogP contribution is 2.36. The Labute approximate surface area is 130 Å². The van der Waals surface area contributed by atoms with Crippen LogP contribution in [0, 0.1) is 11.8 Å². The lowest BCUT2D eigenvalue weighted by atomic mass is 9.96. The number of carbonyl (C=O) groups excluding carboxylic acids is 1. The minimum atomic E-state index is -4.54. The molecule has 0 aliphatic rings. The van der Waals surface area contributed by atoms with E-state index in [0.717, 1.165) is 6.07 Å². The average molecular weight is 367 g/mol. The largest absolute Gasteiger partial charge is 0.418 e. The van der Waals surface area contributed by atoms with Crippen molar-refractivity contribution in [2.45, 2.75) is 26.4 Å². The van der Waals surface area contributed by atoms with Crippen LogP contribution >= 0.6 is 15.9 Å². The van der Waals surface area contributed by atoms with Gasteiger partial charge in [-0.2, -0.15) is 13.2 Å². The van der Waals surface area contributed by atoms with Crippen LogP contribution in [0.25, 0.3) is 0 Å². The summed E-state index contributed by atoms with van der Waals surface area (Å²) in [7, 11) is 0. The van der Waals surface area contributed by atoms with Crippen molar-refractivity contribution < 1.29 is 18.0 Å². The van der Waals surface area contributed by atoms with Crippen molar-refractivity contribution in [3.63, 3.8) is 0 Å². The van der Waals surface area contributed by atoms with Crippen molar-refractivity contribution in [1.82, 2.24) is 0 Å². The Hall–Kier alpha value is -1.08. The number of anilines is 1. The first-order valence-electron chi connectivity index (χ1n) is 6.52. The van der Waals surface area contributed by atoms with Crippen LogP contribution in [0.5, 0.6) is 0 Å². The van der Waals surface area contributed by atoms with Crippen LogP contribution in [0.1, 0.15) is 25.8 Å². The van der Waals surface area contributed by atoms with Crippen LogP contribution in [-0.2, 0) is 11.0 Å². The highest BCUT2D eigenvalue weighted by Gasteiger charge is 2.34. The smallest absolute Gasteiger partial charge is 0.330 e. The molecule has 0 aromatic heterocycles. The van der Waals surface area contributed by atoms with Crippen molar-refractivity contribution in [2.24, 2.45) is 17.6 Å². The summed E-state index contributed by atoms with van der Waals surface area (Å²) in [5.41, 5.74) is 4.40. The van der Waals surface area contributed by atoms with Gasteiger partial charge in [0.25, 0.3) is 0 Å². The van der Waals surface area contributed by atoms with Crippen molar-refractivity contribution in [3.8, 4) is 0 Å². The second-order valence-corrected chi connectivity index (χ2v) is 6.15. The Balaban J connectivity index is 2.99. The van der Waals surface area contributed by atoms with Gasteiger partial charge in [0.1, 0.15) is 0 Å². The Morgan fingerprint density at radius 3 is 2.48 bits per heavy atom. The van der Waals surface area contributed by atoms with E-state index in [1.807, 2.05) is 13.8 Å². The average Bonchev–Trinajstić information content (AvgIpc) is 2.36. The Morgan fingerprint density at radius 1 is 1.38 bits per heavy atom. The van der Waals surface area contributed by atoms with E-state index >= 15 is 0 Å². The minimum absolute atomic E-state index is 0.0991. The van der Waals surface area contributed by atoms with E-state index in [1.54, 1.807) is 0 Å². The van der Waals surface area contributed by atoms with E-state index < -0.39 is 23.6 Å². The summed E-state index contributed by atoms with van der Waals surface area (Å²) in [6, 6.07) is 3.62. The zero-order valence-electron chi connectivity index (χ0n) is 11.8. The summed E-state index contributed by atoms with van der Waals surface area (Å²) in [6.07, 6.45) is -4.01. The van der Waals surface area contributed by atoms with Gasteiger partial charge in [-0.25, -0.2) is 0 Å². The number of halogens is 4. The van der Waals surface area contributed by atoms with Crippen molar-refractivity contribution >= 4 is 27.5 Å². The number of carbonyl (C=O) groups is 1. The molecule has 1 unspecified atom stereocenters. The fourth-order valence-corrected chi connectivity index (χ4v) is 2.34. The molecule has 1 rings (SSSR count). The maximum atomic E-state index is 13.0. The number of alkyl halides is 3. The Bertz CT molecular complexity index is 503. The van der Waals surface area contributed by atoms with Crippen molar-refractivity contribution in [3.05, 3.63) is 28.2 Å². The summed E-state index contributed by atoms with van der Waals surface area (Å²) in [4.78, 5) is 12.1. The molecule has 0 fully saturated rings. The topological polar surface area (TPSA) is 55.1 Å². The van der Waals surface area contributed by atoms with Gasteiger partial charge in [-0.05, 0) is 30.5 Å². The van der Waals surface area contributed by atoms with Crippen LogP contribution in [0.3, 0.4) is 0 Å². The maximum absolute atomic E-state index is 13.0. The number of amides is 1. The molecule has 1 aromatic rings. The molecule has 7 heteroatoms. The number of hydrogen-bond acceptors (Lipinski definition) is 2. The summed E-state index contributed by atoms with van der Waals surface area (Å²) in [6.45, 7) is 3.95. The standard InChI is InChI=1S/C14H18BrF3N2O/c1-8(2)5-9(7-19)13(21)20-12-4-3-10(15)6-11(12)14(16,17)18/h3-4,6,8-9H,5,7,19H2,1-2H3,(H,20,21). The first-order valence-corrected chi connectivity index (χ1v) is 7.32. The molecular weight excluding hydrogens is 349 g/mol. The number of hydrogen-bond donors (Lipinski definition) is 2. The zero-order chi connectivity index (χ0) is 16.2. The monoisotopic (exact) mass is 366 g/mol. The van der Waals surface area contributed by atoms with Gasteiger partial charge in [-0.1, -0.05) is 29.8 Å². The zero-order valence-corrected chi connectivity index (χ0v) is 13.4. The second kappa shape index (κ2) is 7.26. The first kappa shape index (κ1) is 18.0. The number of nitrogens with one attached hydrogen (secondary N) is 1. The van der Waals surface area contributed by atoms with Gasteiger partial charge in [-0.3, -0.25) is 4.79 Å². The van der Waals surface area contributed by atoms with Crippen LogP contribution in [0.15, 0.2) is 22.7 Å². The second-order valence-electron chi connectivity index (χ2n) is 5.24. The van der Waals surface area contributed by atoms with E-state index in [1.165, 1.54) is 12.1 Å². The minimum Gasteiger partial charge on any atom is -0.330 e. The van der Waals surface area contributed by atoms with E-state index in [4.69, 9.17) is 5.73 Å². The normalized spacial score (nSPS) is 13.3. The van der Waals surface area contributed by atoms with Gasteiger partial charge >= 0.3 is 6.18 Å². The Morgan fingerprint density at radius 2 is 2.00 bits per heavy atom. The van der Waals surface area contributed by atoms with Gasteiger partial charge in [0.05, 0.1) is 17.2 Å². The molecule has 0 aliphatic carbocycles. The maximum Gasteiger partial charge on any atom is 0.418 e. The van der Waals surface area contributed by atoms with E-state index in [9.17, 15) is 18.0 Å². The van der Waals surface area contributed by atoms with Crippen LogP contribution in [0.2, 0.25) is 0 Å². The summed E-state index contributed by atoms with van der Waals surface area (Å²) in [5.74, 6) is -0.759. The molecule has 0 heterocycles. The fraction of sp³-hybridized carbons (Fsp3) is 0.500. The van der Waals surface area contributed by atoms with Crippen LogP contribution < -0.4 is 11.1 Å². The molecule has 3 N–H and O–H groups in total. The van der Waals surface area contributed by atoms with Gasteiger partial charge in [-0.15, -0.1) is 0 Å². The van der Waals surface area contributed by atoms with Crippen LogP contribution in [0.4, 0.5) is 18.9 Å². The lowest BCUT2D eigenvalue weighted by Crippen LogP contribution is -2.31. The van der Waals surface area contributed by atoms with Gasteiger partial charge in [0.15, 0.2) is 0 Å². The van der Waals surface area contributed by atoms with E-state index in [0.29, 0.717) is 10.9 Å². The SMILES string of the molecule is CC(C)CC(CN)C(=O)Nc1ccc(Br)cc1C(F)(F)F. The molecule has 21 heavy (non-hydrogen) atoms. The fourth-order valence-electron chi connectivity index (χ4n) is 1.97. The van der Waals surface area contributed by atoms with Gasteiger partial charge in [0, 0.05) is 11.0 Å². The lowest BCUT2D eigenvalue weighted by molar-refractivity contribution is -0.137. The number of rotatable bonds is 5. The highest BCUT2D eigenvalue weighted by atomic mass is 79.9. The predicted octanol–water partition coefficient (Wildman–Crippen LogP) is 4.03. The molecule has 0 bridgehead atoms. The molecule has 0 spiro atoms. The highest BCUT2D eigenvalue weighted by molar-refractivity contribution is 9.10. The van der Waals surface area contributed by atoms with Crippen molar-refractivity contribution in [2.75, 3.05) is 11.9 Å². The predicted molar refractivity (Wildman–Crippen MR) is 79.8 cm³/mol. The molecule has 0 saturated carbocycles. The van der Waals surface area contributed by atoms with E-state index in [-0.39, 0.29) is 18.2 Å². The first-order chi connectivity index (χ1) is 9.65. The molecule has 3 nitrogen and oxygen atoms in total. The summed E-state index contributed by atoms with van der Waals surface area (Å²) >= 11 is 3.00. The summed E-state index contributed by atoms with van der Waals surface area (Å²) < 4.78 is 39.2. The molecule has 1 amide bonds. The molecular formula is C14H18BrF3N2O. The third kappa shape index (κ3) is 5.32. The summed E-state index contributed by atoms with van der Waals surface area (Å²) in [5, 5.41) is 2.34. The Kier molecular flexibility index (Phi) is 6.22. The number of benzene rings is 1. The molecule has 0 aliphatic heterocycles. The molecule has 0 saturated heterocycles. The quantitative estimate of drug-likeness (QED) is 0.826. The third-order valence-electron chi connectivity index (χ3n) is 2.96. The third-order valence-corrected chi connectivity index (χ3v) is 3.45. The molecule has 1 atom stereocenters. The van der Waals surface area contributed by atoms with Gasteiger partial charge in [0.2, 0.25) is 5.91 Å².